The molecule has 2 aromatic rings. The zero-order valence-electron chi connectivity index (χ0n) is 20.3. The van der Waals surface area contributed by atoms with Crippen LogP contribution in [0.1, 0.15) is 27.4 Å². The van der Waals surface area contributed by atoms with Gasteiger partial charge in [0.15, 0.2) is 0 Å². The Labute approximate surface area is 203 Å². The van der Waals surface area contributed by atoms with Crippen LogP contribution in [0.2, 0.25) is 0 Å². The fraction of sp³-hybridized carbons (Fsp3) is 0.500. The first-order valence-corrected chi connectivity index (χ1v) is 11.4. The van der Waals surface area contributed by atoms with Crippen LogP contribution in [0.4, 0.5) is 11.4 Å². The van der Waals surface area contributed by atoms with Gasteiger partial charge < -0.3 is 30.0 Å². The van der Waals surface area contributed by atoms with E-state index in [1.165, 1.54) is 22.9 Å². The second-order valence-corrected chi connectivity index (χ2v) is 8.69. The predicted octanol–water partition coefficient (Wildman–Crippen LogP) is 0.458. The summed E-state index contributed by atoms with van der Waals surface area (Å²) >= 11 is 0. The van der Waals surface area contributed by atoms with Crippen molar-refractivity contribution in [3.05, 3.63) is 46.0 Å². The lowest BCUT2D eigenvalue weighted by atomic mass is 10.3. The van der Waals surface area contributed by atoms with Gasteiger partial charge in [-0.1, -0.05) is 0 Å². The van der Waals surface area contributed by atoms with Crippen molar-refractivity contribution in [2.75, 3.05) is 58.2 Å². The van der Waals surface area contributed by atoms with Gasteiger partial charge >= 0.3 is 0 Å². The number of anilines is 1. The molecule has 13 heteroatoms. The number of likely N-dealkylation sites (N-methyl/N-ethyl adjacent to an activating group) is 1. The van der Waals surface area contributed by atoms with Crippen LogP contribution < -0.4 is 16.0 Å². The number of piperazine rings is 1. The summed E-state index contributed by atoms with van der Waals surface area (Å²) in [6.07, 6.45) is 3.23. The van der Waals surface area contributed by atoms with Gasteiger partial charge in [-0.05, 0) is 13.1 Å². The number of carbonyl (C=O) groups excluding carboxylic acids is 2. The summed E-state index contributed by atoms with van der Waals surface area (Å²) in [6, 6.07) is 2.73. The molecular weight excluding hydrogens is 454 g/mol. The van der Waals surface area contributed by atoms with Gasteiger partial charge in [-0.3, -0.25) is 30.0 Å². The van der Waals surface area contributed by atoms with Crippen molar-refractivity contribution in [1.82, 2.24) is 29.6 Å². The lowest BCUT2D eigenvalue weighted by molar-refractivity contribution is -0.384. The van der Waals surface area contributed by atoms with Crippen LogP contribution in [0.5, 0.6) is 0 Å². The van der Waals surface area contributed by atoms with Gasteiger partial charge in [-0.2, -0.15) is 0 Å². The fourth-order valence-electron chi connectivity index (χ4n) is 3.84. The van der Waals surface area contributed by atoms with E-state index in [4.69, 9.17) is 5.41 Å². The van der Waals surface area contributed by atoms with E-state index in [9.17, 15) is 19.7 Å². The monoisotopic (exact) mass is 487 g/mol. The van der Waals surface area contributed by atoms with Crippen LogP contribution in [0.3, 0.4) is 0 Å². The molecule has 0 radical (unpaired) electrons. The van der Waals surface area contributed by atoms with E-state index in [1.54, 1.807) is 24.9 Å². The van der Waals surface area contributed by atoms with Crippen LogP contribution in [0, 0.1) is 15.5 Å². The van der Waals surface area contributed by atoms with E-state index in [1.807, 2.05) is 0 Å². The van der Waals surface area contributed by atoms with Gasteiger partial charge in [0.25, 0.3) is 17.5 Å². The Morgan fingerprint density at radius 3 is 2.29 bits per heavy atom. The average Bonchev–Trinajstić information content (AvgIpc) is 3.37. The van der Waals surface area contributed by atoms with Crippen LogP contribution >= 0.6 is 0 Å². The molecule has 0 aromatic carbocycles. The molecule has 13 nitrogen and oxygen atoms in total. The van der Waals surface area contributed by atoms with Gasteiger partial charge in [0.1, 0.15) is 11.4 Å². The van der Waals surface area contributed by atoms with Crippen LogP contribution in [0.15, 0.2) is 24.5 Å². The highest BCUT2D eigenvalue weighted by atomic mass is 16.6. The number of amidine groups is 1. The van der Waals surface area contributed by atoms with E-state index < -0.39 is 10.8 Å². The smallest absolute Gasteiger partial charge is 0.287 e. The maximum absolute atomic E-state index is 12.6. The Morgan fingerprint density at radius 2 is 1.63 bits per heavy atom. The Bertz CT molecular complexity index is 1080. The number of rotatable bonds is 10. The first kappa shape index (κ1) is 25.9. The topological polar surface area (TPSA) is 154 Å². The fourth-order valence-corrected chi connectivity index (χ4v) is 3.84. The molecular formula is C22H33N9O4. The number of amides is 2. The molecule has 0 saturated carbocycles. The third-order valence-electron chi connectivity index (χ3n) is 5.95. The zero-order chi connectivity index (χ0) is 25.5. The molecule has 0 bridgehead atoms. The van der Waals surface area contributed by atoms with Crippen molar-refractivity contribution < 1.29 is 14.5 Å². The number of aryl methyl sites for hydroxylation is 2. The van der Waals surface area contributed by atoms with Crippen molar-refractivity contribution in [2.24, 2.45) is 14.1 Å². The summed E-state index contributed by atoms with van der Waals surface area (Å²) in [5, 5.41) is 27.5. The molecule has 4 N–H and O–H groups in total. The number of nitrogens with zero attached hydrogens (tertiary/aromatic N) is 5. The summed E-state index contributed by atoms with van der Waals surface area (Å²) in [7, 11) is 5.34. The largest absolute Gasteiger partial charge is 0.373 e. The van der Waals surface area contributed by atoms with Crippen LogP contribution in [-0.4, -0.2) is 94.4 Å². The molecule has 0 unspecified atom stereocenters. The van der Waals surface area contributed by atoms with E-state index in [0.717, 1.165) is 32.7 Å². The van der Waals surface area contributed by atoms with Crippen LogP contribution in [0.25, 0.3) is 0 Å². The van der Waals surface area contributed by atoms with Crippen molar-refractivity contribution in [3.8, 4) is 0 Å². The van der Waals surface area contributed by atoms with Crippen molar-refractivity contribution in [2.45, 2.75) is 6.42 Å². The lowest BCUT2D eigenvalue weighted by Gasteiger charge is -2.32. The molecule has 1 aliphatic heterocycles. The van der Waals surface area contributed by atoms with E-state index in [-0.39, 0.29) is 17.3 Å². The third kappa shape index (κ3) is 7.13. The molecule has 1 saturated heterocycles. The van der Waals surface area contributed by atoms with E-state index >= 15 is 0 Å². The van der Waals surface area contributed by atoms with Gasteiger partial charge in [-0.25, -0.2) is 0 Å². The van der Waals surface area contributed by atoms with Crippen molar-refractivity contribution in [3.63, 3.8) is 0 Å². The van der Waals surface area contributed by atoms with Gasteiger partial charge in [-0.15, -0.1) is 0 Å². The average molecular weight is 488 g/mol. The third-order valence-corrected chi connectivity index (χ3v) is 5.95. The quantitative estimate of drug-likeness (QED) is 0.164. The molecule has 3 heterocycles. The molecule has 0 spiro atoms. The van der Waals surface area contributed by atoms with Gasteiger partial charge in [0, 0.05) is 78.6 Å². The molecule has 3 rings (SSSR count). The minimum absolute atomic E-state index is 0.130. The highest BCUT2D eigenvalue weighted by Gasteiger charge is 2.19. The number of aromatic nitrogens is 2. The Balaban J connectivity index is 1.42. The molecule has 2 aromatic heterocycles. The molecule has 190 valence electrons. The normalized spacial score (nSPS) is 14.5. The number of hydrogen-bond donors (Lipinski definition) is 4. The predicted molar refractivity (Wildman–Crippen MR) is 132 cm³/mol. The molecule has 1 aliphatic rings. The first-order valence-electron chi connectivity index (χ1n) is 11.4. The first-order chi connectivity index (χ1) is 16.6. The minimum atomic E-state index is -0.565. The molecule has 1 fully saturated rings. The Kier molecular flexibility index (Phi) is 8.60. The standard InChI is InChI=1S/C22H33N9O4/c1-27-8-10-30(11-9-27)7-6-24-20(23)4-5-25-21(32)18-12-16(14-28(18)2)26-22(33)19-13-17(31(34)35)15-29(19)3/h12-15H,4-11H2,1-3H3,(H2,23,24)(H,25,32)(H,26,33). The summed E-state index contributed by atoms with van der Waals surface area (Å²) in [5.41, 5.74) is 0.688. The molecule has 35 heavy (non-hydrogen) atoms. The van der Waals surface area contributed by atoms with Crippen LogP contribution in [-0.2, 0) is 14.1 Å². The Hall–Kier alpha value is -3.71. The molecule has 0 aliphatic carbocycles. The number of nitrogens with one attached hydrogen (secondary N) is 4. The van der Waals surface area contributed by atoms with Crippen molar-refractivity contribution >= 4 is 29.0 Å². The van der Waals surface area contributed by atoms with Gasteiger partial charge in [0.05, 0.1) is 22.6 Å². The second-order valence-electron chi connectivity index (χ2n) is 8.69. The van der Waals surface area contributed by atoms with E-state index in [0.29, 0.717) is 36.7 Å². The number of carbonyl (C=O) groups is 2. The summed E-state index contributed by atoms with van der Waals surface area (Å²) in [6.45, 7) is 6.07. The number of nitro groups is 1. The summed E-state index contributed by atoms with van der Waals surface area (Å²) in [5.74, 6) is -0.474. The minimum Gasteiger partial charge on any atom is -0.373 e. The highest BCUT2D eigenvalue weighted by Crippen LogP contribution is 2.18. The summed E-state index contributed by atoms with van der Waals surface area (Å²) in [4.78, 5) is 40.1. The molecule has 2 amide bonds. The SMILES string of the molecule is CN1CCN(CCNC(=N)CCNC(=O)c2cc(NC(=O)c3cc([N+](=O)[O-])cn3C)cn2C)CC1. The maximum Gasteiger partial charge on any atom is 0.287 e. The maximum atomic E-state index is 12.6. The Morgan fingerprint density at radius 1 is 0.971 bits per heavy atom. The zero-order valence-corrected chi connectivity index (χ0v) is 20.3. The second kappa shape index (κ2) is 11.6. The van der Waals surface area contributed by atoms with Crippen molar-refractivity contribution in [1.29, 1.82) is 5.41 Å². The highest BCUT2D eigenvalue weighted by molar-refractivity contribution is 6.04. The van der Waals surface area contributed by atoms with Gasteiger partial charge in [0.2, 0.25) is 0 Å². The summed E-state index contributed by atoms with van der Waals surface area (Å²) < 4.78 is 2.95. The molecule has 0 atom stereocenters. The van der Waals surface area contributed by atoms with E-state index in [2.05, 4.69) is 32.8 Å². The lowest BCUT2D eigenvalue weighted by Crippen LogP contribution is -2.47. The number of hydrogen-bond acceptors (Lipinski definition) is 7.